The first-order chi connectivity index (χ1) is 16.1. The first kappa shape index (κ1) is 21.3. The van der Waals surface area contributed by atoms with Crippen LogP contribution in [-0.2, 0) is 11.8 Å². The summed E-state index contributed by atoms with van der Waals surface area (Å²) in [6, 6.07) is 13.5. The van der Waals surface area contributed by atoms with Gasteiger partial charge in [0.2, 0.25) is 5.95 Å². The summed E-state index contributed by atoms with van der Waals surface area (Å²) >= 11 is 0. The van der Waals surface area contributed by atoms with Gasteiger partial charge in [0.1, 0.15) is 5.82 Å². The zero-order valence-electron chi connectivity index (χ0n) is 18.8. The molecule has 0 bridgehead atoms. The number of nitrogens with zero attached hydrogens (tertiary/aromatic N) is 7. The molecule has 1 aliphatic heterocycles. The van der Waals surface area contributed by atoms with Gasteiger partial charge >= 0.3 is 0 Å². The van der Waals surface area contributed by atoms with Crippen LogP contribution in [0.15, 0.2) is 54.9 Å². The van der Waals surface area contributed by atoms with Gasteiger partial charge in [0.05, 0.1) is 25.9 Å². The maximum absolute atomic E-state index is 10.7. The van der Waals surface area contributed by atoms with Crippen molar-refractivity contribution in [2.24, 2.45) is 7.05 Å². The molecule has 3 aromatic heterocycles. The number of anilines is 2. The quantitative estimate of drug-likeness (QED) is 0.484. The highest BCUT2D eigenvalue weighted by Gasteiger charge is 2.24. The van der Waals surface area contributed by atoms with Gasteiger partial charge in [0.25, 0.3) is 0 Å². The van der Waals surface area contributed by atoms with Crippen LogP contribution in [0.3, 0.4) is 0 Å². The number of morpholine rings is 1. The zero-order chi connectivity index (χ0) is 22.8. The number of fused-ring (bicyclic) bond motifs is 1. The Balaban J connectivity index is 1.56. The number of pyridine rings is 1. The van der Waals surface area contributed by atoms with E-state index in [2.05, 4.69) is 9.88 Å². The summed E-state index contributed by atoms with van der Waals surface area (Å²) in [6.07, 6.45) is 2.86. The van der Waals surface area contributed by atoms with Gasteiger partial charge in [-0.2, -0.15) is 9.97 Å². The number of hydrogen-bond acceptors (Lipinski definition) is 8. The molecule has 9 heteroatoms. The lowest BCUT2D eigenvalue weighted by Crippen LogP contribution is -2.37. The van der Waals surface area contributed by atoms with Crippen LogP contribution >= 0.6 is 0 Å². The van der Waals surface area contributed by atoms with Crippen LogP contribution in [0.5, 0.6) is 0 Å². The summed E-state index contributed by atoms with van der Waals surface area (Å²) in [5.41, 5.74) is 3.33. The van der Waals surface area contributed by atoms with Crippen LogP contribution in [0, 0.1) is 0 Å². The summed E-state index contributed by atoms with van der Waals surface area (Å²) in [5, 5.41) is 10.7. The summed E-state index contributed by atoms with van der Waals surface area (Å²) in [4.78, 5) is 22.9. The Morgan fingerprint density at radius 2 is 1.76 bits per heavy atom. The number of rotatable bonds is 6. The van der Waals surface area contributed by atoms with Gasteiger partial charge in [0, 0.05) is 45.1 Å². The molecule has 1 N–H and O–H groups in total. The van der Waals surface area contributed by atoms with Crippen molar-refractivity contribution in [1.29, 1.82) is 0 Å². The van der Waals surface area contributed by atoms with Crippen LogP contribution in [-0.4, -0.2) is 69.5 Å². The van der Waals surface area contributed by atoms with E-state index in [0.717, 1.165) is 47.0 Å². The molecule has 1 aliphatic rings. The minimum atomic E-state index is -0.652. The highest BCUT2D eigenvalue weighted by atomic mass is 16.5. The molecule has 1 fully saturated rings. The van der Waals surface area contributed by atoms with Crippen LogP contribution in [0.25, 0.3) is 22.6 Å². The van der Waals surface area contributed by atoms with Gasteiger partial charge in [-0.15, -0.1) is 0 Å². The van der Waals surface area contributed by atoms with E-state index in [1.165, 1.54) is 0 Å². The summed E-state index contributed by atoms with van der Waals surface area (Å²) in [6.45, 7) is 3.14. The number of aliphatic hydroxyl groups excluding tert-OH is 1. The van der Waals surface area contributed by atoms with Crippen LogP contribution < -0.4 is 9.80 Å². The Morgan fingerprint density at radius 1 is 1.03 bits per heavy atom. The molecular weight excluding hydrogens is 418 g/mol. The van der Waals surface area contributed by atoms with E-state index < -0.39 is 6.10 Å². The molecule has 1 atom stereocenters. The highest BCUT2D eigenvalue weighted by molar-refractivity contribution is 5.88. The first-order valence-corrected chi connectivity index (χ1v) is 11.0. The zero-order valence-corrected chi connectivity index (χ0v) is 18.8. The van der Waals surface area contributed by atoms with E-state index in [0.29, 0.717) is 25.7 Å². The number of aromatic nitrogens is 5. The van der Waals surface area contributed by atoms with Crippen molar-refractivity contribution in [1.82, 2.24) is 24.5 Å². The van der Waals surface area contributed by atoms with E-state index in [9.17, 15) is 5.11 Å². The van der Waals surface area contributed by atoms with E-state index >= 15 is 0 Å². The fourth-order valence-corrected chi connectivity index (χ4v) is 4.08. The fourth-order valence-electron chi connectivity index (χ4n) is 4.08. The molecule has 0 radical (unpaired) electrons. The summed E-state index contributed by atoms with van der Waals surface area (Å²) < 4.78 is 7.54. The van der Waals surface area contributed by atoms with Gasteiger partial charge < -0.3 is 24.2 Å². The summed E-state index contributed by atoms with van der Waals surface area (Å²) in [7, 11) is 3.86. The smallest absolute Gasteiger partial charge is 0.229 e. The predicted molar refractivity (Wildman–Crippen MR) is 127 cm³/mol. The largest absolute Gasteiger partial charge is 0.387 e. The number of imidazole rings is 1. The van der Waals surface area contributed by atoms with Gasteiger partial charge in [-0.3, -0.25) is 4.98 Å². The van der Waals surface area contributed by atoms with Crippen molar-refractivity contribution in [2.75, 3.05) is 49.7 Å². The molecule has 0 amide bonds. The second-order valence-electron chi connectivity index (χ2n) is 8.16. The molecule has 4 heterocycles. The molecule has 33 heavy (non-hydrogen) atoms. The average molecular weight is 446 g/mol. The summed E-state index contributed by atoms with van der Waals surface area (Å²) in [5.74, 6) is 2.14. The third-order valence-corrected chi connectivity index (χ3v) is 5.91. The Labute approximate surface area is 192 Å². The molecule has 170 valence electrons. The molecule has 0 spiro atoms. The van der Waals surface area contributed by atoms with E-state index in [1.807, 2.05) is 66.0 Å². The minimum absolute atomic E-state index is 0.368. The number of likely N-dealkylation sites (N-methyl/N-ethyl adjacent to an activating group) is 1. The second-order valence-corrected chi connectivity index (χ2v) is 8.16. The SMILES string of the molecule is CN(CC(O)c1ccccc1)c1nc(N2CCOCC2)c2nc(-c3ccncc3)n(C)c2n1. The van der Waals surface area contributed by atoms with Gasteiger partial charge in [-0.25, -0.2) is 4.98 Å². The third kappa shape index (κ3) is 4.24. The first-order valence-electron chi connectivity index (χ1n) is 11.0. The predicted octanol–water partition coefficient (Wildman–Crippen LogP) is 2.43. The number of hydrogen-bond donors (Lipinski definition) is 1. The molecule has 1 unspecified atom stereocenters. The average Bonchev–Trinajstić information content (AvgIpc) is 3.21. The van der Waals surface area contributed by atoms with E-state index in [4.69, 9.17) is 19.7 Å². The lowest BCUT2D eigenvalue weighted by molar-refractivity contribution is 0.122. The van der Waals surface area contributed by atoms with E-state index in [1.54, 1.807) is 12.4 Å². The molecule has 0 saturated carbocycles. The molecule has 9 nitrogen and oxygen atoms in total. The van der Waals surface area contributed by atoms with Crippen molar-refractivity contribution in [3.8, 4) is 11.4 Å². The van der Waals surface area contributed by atoms with Crippen LogP contribution in [0.2, 0.25) is 0 Å². The minimum Gasteiger partial charge on any atom is -0.387 e. The molecular formula is C24H27N7O2. The van der Waals surface area contributed by atoms with Crippen LogP contribution in [0.4, 0.5) is 11.8 Å². The Hall–Kier alpha value is -3.56. The molecule has 1 saturated heterocycles. The standard InChI is InChI=1S/C24H27N7O2/c1-29(16-19(32)17-6-4-3-5-7-17)24-27-22-20(23(28-24)31-12-14-33-15-13-31)26-21(30(22)2)18-8-10-25-11-9-18/h3-11,19,32H,12-16H2,1-2H3. The van der Waals surface area contributed by atoms with Crippen LogP contribution in [0.1, 0.15) is 11.7 Å². The normalized spacial score (nSPS) is 15.1. The van der Waals surface area contributed by atoms with Crippen molar-refractivity contribution >= 4 is 22.9 Å². The Kier molecular flexibility index (Phi) is 5.89. The Bertz CT molecular complexity index is 1220. The number of aryl methyl sites for hydroxylation is 1. The van der Waals surface area contributed by atoms with Gasteiger partial charge in [-0.1, -0.05) is 30.3 Å². The maximum Gasteiger partial charge on any atom is 0.229 e. The van der Waals surface area contributed by atoms with E-state index in [-0.39, 0.29) is 0 Å². The lowest BCUT2D eigenvalue weighted by Gasteiger charge is -2.29. The topological polar surface area (TPSA) is 92.4 Å². The second kappa shape index (κ2) is 9.13. The van der Waals surface area contributed by atoms with Crippen molar-refractivity contribution in [2.45, 2.75) is 6.10 Å². The molecule has 5 rings (SSSR count). The third-order valence-electron chi connectivity index (χ3n) is 5.91. The number of aliphatic hydroxyl groups is 1. The Morgan fingerprint density at radius 3 is 2.48 bits per heavy atom. The van der Waals surface area contributed by atoms with Crippen molar-refractivity contribution in [3.05, 3.63) is 60.4 Å². The molecule has 0 aliphatic carbocycles. The monoisotopic (exact) mass is 445 g/mol. The fraction of sp³-hybridized carbons (Fsp3) is 0.333. The van der Waals surface area contributed by atoms with Crippen molar-refractivity contribution in [3.63, 3.8) is 0 Å². The van der Waals surface area contributed by atoms with Crippen molar-refractivity contribution < 1.29 is 9.84 Å². The number of benzene rings is 1. The highest BCUT2D eigenvalue weighted by Crippen LogP contribution is 2.30. The molecule has 1 aromatic carbocycles. The maximum atomic E-state index is 10.7. The van der Waals surface area contributed by atoms with Gasteiger partial charge in [0.15, 0.2) is 17.0 Å². The molecule has 4 aromatic rings. The number of ether oxygens (including phenoxy) is 1. The lowest BCUT2D eigenvalue weighted by atomic mass is 10.1. The van der Waals surface area contributed by atoms with Gasteiger partial charge in [-0.05, 0) is 17.7 Å².